The van der Waals surface area contributed by atoms with E-state index in [1.165, 1.54) is 20.5 Å². The largest absolute Gasteiger partial charge is 0.313 e. The molecular weight excluding hydrogens is 342 g/mol. The molecule has 0 aromatic heterocycles. The molecule has 1 N–H and O–H groups in total. The van der Waals surface area contributed by atoms with Crippen LogP contribution >= 0.6 is 27.7 Å². The lowest BCUT2D eigenvalue weighted by molar-refractivity contribution is 0.572. The fraction of sp³-hybridized carbons (Fsp3) is 0.333. The lowest BCUT2D eigenvalue weighted by Gasteiger charge is -2.18. The standard InChI is InChI=1S/C18H22BrNS/c1-3-20-16(12-15-8-6-7-14(2)11-15)13-21-18-10-5-4-9-17(18)19/h4-11,16,20H,3,12-13H2,1-2H3. The molecule has 2 aromatic rings. The van der Waals surface area contributed by atoms with Gasteiger partial charge in [0.05, 0.1) is 0 Å². The number of likely N-dealkylation sites (N-methyl/N-ethyl adjacent to an activating group) is 1. The van der Waals surface area contributed by atoms with Gasteiger partial charge >= 0.3 is 0 Å². The third kappa shape index (κ3) is 5.50. The van der Waals surface area contributed by atoms with E-state index in [9.17, 15) is 0 Å². The number of hydrogen-bond donors (Lipinski definition) is 1. The Hall–Kier alpha value is -0.770. The van der Waals surface area contributed by atoms with Crippen molar-refractivity contribution in [2.24, 2.45) is 0 Å². The molecule has 0 fully saturated rings. The van der Waals surface area contributed by atoms with Gasteiger partial charge in [-0.2, -0.15) is 0 Å². The Labute approximate surface area is 140 Å². The van der Waals surface area contributed by atoms with Gasteiger partial charge in [-0.15, -0.1) is 11.8 Å². The second-order valence-corrected chi connectivity index (χ2v) is 7.11. The molecular formula is C18H22BrNS. The number of benzene rings is 2. The van der Waals surface area contributed by atoms with Crippen LogP contribution in [-0.4, -0.2) is 18.3 Å². The van der Waals surface area contributed by atoms with Crippen LogP contribution in [-0.2, 0) is 6.42 Å². The fourth-order valence-electron chi connectivity index (χ4n) is 2.35. The van der Waals surface area contributed by atoms with Crippen molar-refractivity contribution in [1.82, 2.24) is 5.32 Å². The average molecular weight is 364 g/mol. The Morgan fingerprint density at radius 2 is 1.95 bits per heavy atom. The first-order valence-electron chi connectivity index (χ1n) is 7.35. The topological polar surface area (TPSA) is 12.0 Å². The van der Waals surface area contributed by atoms with E-state index in [2.05, 4.69) is 83.6 Å². The Morgan fingerprint density at radius 3 is 2.67 bits per heavy atom. The van der Waals surface area contributed by atoms with Gasteiger partial charge in [0, 0.05) is 21.2 Å². The molecule has 1 nitrogen and oxygen atoms in total. The molecule has 0 aliphatic heterocycles. The van der Waals surface area contributed by atoms with Crippen LogP contribution in [0.3, 0.4) is 0 Å². The molecule has 0 radical (unpaired) electrons. The molecule has 0 aliphatic rings. The van der Waals surface area contributed by atoms with Crippen LogP contribution in [0.5, 0.6) is 0 Å². The van der Waals surface area contributed by atoms with E-state index in [1.807, 2.05) is 11.8 Å². The highest BCUT2D eigenvalue weighted by molar-refractivity contribution is 9.10. The first-order valence-corrected chi connectivity index (χ1v) is 9.13. The molecule has 1 atom stereocenters. The van der Waals surface area contributed by atoms with Crippen LogP contribution in [0.2, 0.25) is 0 Å². The number of rotatable bonds is 7. The van der Waals surface area contributed by atoms with E-state index in [0.717, 1.165) is 18.7 Å². The van der Waals surface area contributed by atoms with E-state index in [4.69, 9.17) is 0 Å². The van der Waals surface area contributed by atoms with Crippen molar-refractivity contribution in [2.75, 3.05) is 12.3 Å². The second-order valence-electron chi connectivity index (χ2n) is 5.19. The third-order valence-electron chi connectivity index (χ3n) is 3.33. The molecule has 2 aromatic carbocycles. The number of thioether (sulfide) groups is 1. The summed E-state index contributed by atoms with van der Waals surface area (Å²) in [7, 11) is 0. The van der Waals surface area contributed by atoms with Crippen molar-refractivity contribution in [2.45, 2.75) is 31.2 Å². The Balaban J connectivity index is 1.97. The maximum absolute atomic E-state index is 3.62. The highest BCUT2D eigenvalue weighted by Gasteiger charge is 2.10. The zero-order valence-corrected chi connectivity index (χ0v) is 15.0. The maximum atomic E-state index is 3.62. The molecule has 3 heteroatoms. The summed E-state index contributed by atoms with van der Waals surface area (Å²) in [4.78, 5) is 1.31. The molecule has 0 saturated carbocycles. The molecule has 0 spiro atoms. The van der Waals surface area contributed by atoms with Crippen LogP contribution in [0.25, 0.3) is 0 Å². The smallest absolute Gasteiger partial charge is 0.0311 e. The first-order chi connectivity index (χ1) is 10.2. The molecule has 0 saturated heterocycles. The van der Waals surface area contributed by atoms with Gasteiger partial charge in [-0.3, -0.25) is 0 Å². The van der Waals surface area contributed by atoms with E-state index in [-0.39, 0.29) is 0 Å². The Bertz CT molecular complexity index is 571. The zero-order chi connectivity index (χ0) is 15.1. The highest BCUT2D eigenvalue weighted by atomic mass is 79.9. The minimum atomic E-state index is 0.494. The minimum Gasteiger partial charge on any atom is -0.313 e. The maximum Gasteiger partial charge on any atom is 0.0311 e. The molecule has 112 valence electrons. The quantitative estimate of drug-likeness (QED) is 0.689. The Kier molecular flexibility index (Phi) is 6.81. The van der Waals surface area contributed by atoms with Crippen molar-refractivity contribution in [3.05, 3.63) is 64.1 Å². The highest BCUT2D eigenvalue weighted by Crippen LogP contribution is 2.27. The van der Waals surface area contributed by atoms with Crippen LogP contribution < -0.4 is 5.32 Å². The van der Waals surface area contributed by atoms with Gasteiger partial charge in [0.1, 0.15) is 0 Å². The van der Waals surface area contributed by atoms with Gasteiger partial charge in [-0.25, -0.2) is 0 Å². The van der Waals surface area contributed by atoms with Gasteiger partial charge in [0.2, 0.25) is 0 Å². The summed E-state index contributed by atoms with van der Waals surface area (Å²) in [5.41, 5.74) is 2.75. The van der Waals surface area contributed by atoms with Crippen LogP contribution in [0.15, 0.2) is 57.9 Å². The van der Waals surface area contributed by atoms with E-state index >= 15 is 0 Å². The van der Waals surface area contributed by atoms with Gasteiger partial charge in [-0.05, 0) is 53.5 Å². The van der Waals surface area contributed by atoms with Crippen LogP contribution in [0, 0.1) is 6.92 Å². The van der Waals surface area contributed by atoms with E-state index < -0.39 is 0 Å². The lowest BCUT2D eigenvalue weighted by atomic mass is 10.0. The van der Waals surface area contributed by atoms with E-state index in [1.54, 1.807) is 0 Å². The van der Waals surface area contributed by atoms with Gasteiger partial charge in [0.25, 0.3) is 0 Å². The molecule has 21 heavy (non-hydrogen) atoms. The van der Waals surface area contributed by atoms with Crippen molar-refractivity contribution < 1.29 is 0 Å². The van der Waals surface area contributed by atoms with Gasteiger partial charge in [-0.1, -0.05) is 48.9 Å². The minimum absolute atomic E-state index is 0.494. The van der Waals surface area contributed by atoms with E-state index in [0.29, 0.717) is 6.04 Å². The fourth-order valence-corrected chi connectivity index (χ4v) is 3.98. The van der Waals surface area contributed by atoms with Crippen molar-refractivity contribution in [1.29, 1.82) is 0 Å². The second kappa shape index (κ2) is 8.62. The number of nitrogens with one attached hydrogen (secondary N) is 1. The molecule has 0 bridgehead atoms. The van der Waals surface area contributed by atoms with Crippen molar-refractivity contribution in [3.63, 3.8) is 0 Å². The predicted octanol–water partition coefficient (Wildman–Crippen LogP) is 5.07. The molecule has 0 amide bonds. The summed E-state index contributed by atoms with van der Waals surface area (Å²) in [6.45, 7) is 5.33. The van der Waals surface area contributed by atoms with Gasteiger partial charge < -0.3 is 5.32 Å². The number of halogens is 1. The summed E-state index contributed by atoms with van der Waals surface area (Å²) < 4.78 is 1.18. The molecule has 2 rings (SSSR count). The SMILES string of the molecule is CCNC(CSc1ccccc1Br)Cc1cccc(C)c1. The number of aryl methyl sites for hydroxylation is 1. The molecule has 0 heterocycles. The molecule has 0 aliphatic carbocycles. The predicted molar refractivity (Wildman–Crippen MR) is 97.2 cm³/mol. The summed E-state index contributed by atoms with van der Waals surface area (Å²) in [5, 5.41) is 3.60. The van der Waals surface area contributed by atoms with Gasteiger partial charge in [0.15, 0.2) is 0 Å². The average Bonchev–Trinajstić information content (AvgIpc) is 2.46. The molecule has 1 unspecified atom stereocenters. The van der Waals surface area contributed by atoms with Crippen molar-refractivity contribution in [3.8, 4) is 0 Å². The summed E-state index contributed by atoms with van der Waals surface area (Å²) in [5.74, 6) is 1.07. The third-order valence-corrected chi connectivity index (χ3v) is 5.52. The monoisotopic (exact) mass is 363 g/mol. The zero-order valence-electron chi connectivity index (χ0n) is 12.6. The van der Waals surface area contributed by atoms with Crippen LogP contribution in [0.1, 0.15) is 18.1 Å². The first kappa shape index (κ1) is 16.6. The Morgan fingerprint density at radius 1 is 1.14 bits per heavy atom. The number of hydrogen-bond acceptors (Lipinski definition) is 2. The normalized spacial score (nSPS) is 12.3. The summed E-state index contributed by atoms with van der Waals surface area (Å²) >= 11 is 5.53. The van der Waals surface area contributed by atoms with Crippen LogP contribution in [0.4, 0.5) is 0 Å². The lowest BCUT2D eigenvalue weighted by Crippen LogP contribution is -2.33. The summed E-state index contributed by atoms with van der Waals surface area (Å²) in [6, 6.07) is 17.7. The van der Waals surface area contributed by atoms with Crippen molar-refractivity contribution >= 4 is 27.7 Å². The summed E-state index contributed by atoms with van der Waals surface area (Å²) in [6.07, 6.45) is 1.08.